The summed E-state index contributed by atoms with van der Waals surface area (Å²) in [6.45, 7) is 0.494. The Hall–Kier alpha value is -0.670. The van der Waals surface area contributed by atoms with E-state index in [1.165, 1.54) is 38.5 Å². The lowest BCUT2D eigenvalue weighted by Crippen LogP contribution is -2.59. The fraction of sp³-hybridized carbons (Fsp3) is 0.611. The summed E-state index contributed by atoms with van der Waals surface area (Å²) in [5.41, 5.74) is 1.09. The van der Waals surface area contributed by atoms with Crippen LogP contribution in [0.15, 0.2) is 28.7 Å². The predicted octanol–water partition coefficient (Wildman–Crippen LogP) is 4.19. The summed E-state index contributed by atoms with van der Waals surface area (Å²) in [5.74, 6) is 2.99. The van der Waals surface area contributed by atoms with E-state index in [0.29, 0.717) is 6.54 Å². The van der Waals surface area contributed by atoms with E-state index in [2.05, 4.69) is 21.2 Å². The number of carbonyl (C=O) groups is 1. The Morgan fingerprint density at radius 1 is 1.05 bits per heavy atom. The van der Waals surface area contributed by atoms with E-state index in [0.717, 1.165) is 27.8 Å². The first kappa shape index (κ1) is 14.0. The lowest BCUT2D eigenvalue weighted by atomic mass is 9.53. The van der Waals surface area contributed by atoms with Crippen LogP contribution in [0, 0.1) is 17.8 Å². The molecule has 1 N–H and O–H groups in total. The Balaban J connectivity index is 1.42. The van der Waals surface area contributed by atoms with E-state index >= 15 is 0 Å². The van der Waals surface area contributed by atoms with Crippen LogP contribution < -0.4 is 5.32 Å². The Labute approximate surface area is 134 Å². The number of carbonyl (C=O) groups excluding carboxylic acids is 1. The van der Waals surface area contributed by atoms with Gasteiger partial charge in [0.05, 0.1) is 6.54 Å². The van der Waals surface area contributed by atoms with Gasteiger partial charge in [-0.05, 0) is 68.4 Å². The molecule has 4 bridgehead atoms. The molecule has 0 atom stereocenters. The normalized spacial score (nSPS) is 36.9. The standard InChI is InChI=1S/C18H22BrNO/c19-16-3-1-15(2-4-16)17(21)11-20-18-8-12-5-13(9-18)7-14(6-12)10-18/h1-4,12-14,20H,5-11H2. The molecule has 0 spiro atoms. The lowest BCUT2D eigenvalue weighted by molar-refractivity contribution is -0.0186. The number of nitrogens with one attached hydrogen (secondary N) is 1. The van der Waals surface area contributed by atoms with Gasteiger partial charge in [0.25, 0.3) is 0 Å². The maximum atomic E-state index is 12.4. The number of hydrogen-bond acceptors (Lipinski definition) is 2. The van der Waals surface area contributed by atoms with E-state index in [1.54, 1.807) is 0 Å². The molecular weight excluding hydrogens is 326 g/mol. The third-order valence-electron chi connectivity index (χ3n) is 5.83. The van der Waals surface area contributed by atoms with E-state index in [1.807, 2.05) is 24.3 Å². The smallest absolute Gasteiger partial charge is 0.176 e. The van der Waals surface area contributed by atoms with Crippen molar-refractivity contribution in [3.8, 4) is 0 Å². The minimum absolute atomic E-state index is 0.221. The Morgan fingerprint density at radius 3 is 2.10 bits per heavy atom. The molecule has 0 radical (unpaired) electrons. The molecule has 21 heavy (non-hydrogen) atoms. The molecule has 3 heteroatoms. The maximum Gasteiger partial charge on any atom is 0.176 e. The van der Waals surface area contributed by atoms with Crippen LogP contribution in [0.1, 0.15) is 48.9 Å². The SMILES string of the molecule is O=C(CNC12CC3CC(CC(C3)C1)C2)c1ccc(Br)cc1. The summed E-state index contributed by atoms with van der Waals surface area (Å²) in [6.07, 6.45) is 8.23. The van der Waals surface area contributed by atoms with Gasteiger partial charge in [-0.1, -0.05) is 28.1 Å². The highest BCUT2D eigenvalue weighted by molar-refractivity contribution is 9.10. The van der Waals surface area contributed by atoms with Gasteiger partial charge in [0.15, 0.2) is 5.78 Å². The van der Waals surface area contributed by atoms with Gasteiger partial charge in [-0.3, -0.25) is 4.79 Å². The second-order valence-corrected chi connectivity index (χ2v) is 8.40. The summed E-state index contributed by atoms with van der Waals surface area (Å²) < 4.78 is 1.02. The zero-order chi connectivity index (χ0) is 14.4. The van der Waals surface area contributed by atoms with Crippen LogP contribution in [0.4, 0.5) is 0 Å². The third kappa shape index (κ3) is 2.70. The highest BCUT2D eigenvalue weighted by atomic mass is 79.9. The fourth-order valence-corrected chi connectivity index (χ4v) is 5.60. The third-order valence-corrected chi connectivity index (χ3v) is 6.36. The van der Waals surface area contributed by atoms with E-state index < -0.39 is 0 Å². The van der Waals surface area contributed by atoms with Crippen molar-refractivity contribution in [2.75, 3.05) is 6.54 Å². The number of rotatable bonds is 4. The number of halogens is 1. The van der Waals surface area contributed by atoms with Crippen molar-refractivity contribution in [3.63, 3.8) is 0 Å². The van der Waals surface area contributed by atoms with Gasteiger partial charge in [0.2, 0.25) is 0 Å². The molecule has 0 saturated heterocycles. The van der Waals surface area contributed by atoms with Gasteiger partial charge in [0.1, 0.15) is 0 Å². The molecule has 0 heterocycles. The quantitative estimate of drug-likeness (QED) is 0.827. The second-order valence-electron chi connectivity index (χ2n) is 7.48. The first-order valence-corrected chi connectivity index (χ1v) is 8.95. The van der Waals surface area contributed by atoms with Crippen molar-refractivity contribution < 1.29 is 4.79 Å². The summed E-state index contributed by atoms with van der Waals surface area (Å²) in [7, 11) is 0. The molecule has 5 rings (SSSR count). The molecule has 4 saturated carbocycles. The first-order valence-electron chi connectivity index (χ1n) is 8.16. The van der Waals surface area contributed by atoms with Gasteiger partial charge >= 0.3 is 0 Å². The number of benzene rings is 1. The molecule has 4 fully saturated rings. The van der Waals surface area contributed by atoms with Crippen molar-refractivity contribution in [3.05, 3.63) is 34.3 Å². The topological polar surface area (TPSA) is 29.1 Å². The molecule has 1 aromatic rings. The van der Waals surface area contributed by atoms with Crippen LogP contribution in [0.25, 0.3) is 0 Å². The zero-order valence-corrected chi connectivity index (χ0v) is 13.9. The van der Waals surface area contributed by atoms with Gasteiger partial charge in [-0.25, -0.2) is 0 Å². The van der Waals surface area contributed by atoms with E-state index in [4.69, 9.17) is 0 Å². The van der Waals surface area contributed by atoms with Gasteiger partial charge < -0.3 is 5.32 Å². The van der Waals surface area contributed by atoms with Gasteiger partial charge in [0, 0.05) is 15.6 Å². The second kappa shape index (κ2) is 5.20. The minimum atomic E-state index is 0.221. The molecular formula is C18H22BrNO. The summed E-state index contributed by atoms with van der Waals surface area (Å²) in [6, 6.07) is 7.71. The molecule has 0 aliphatic heterocycles. The molecule has 4 aliphatic rings. The Bertz CT molecular complexity index is 516. The summed E-state index contributed by atoms with van der Waals surface area (Å²) in [5, 5.41) is 3.68. The lowest BCUT2D eigenvalue weighted by Gasteiger charge is -2.57. The van der Waals surface area contributed by atoms with Gasteiger partial charge in [-0.2, -0.15) is 0 Å². The van der Waals surface area contributed by atoms with Crippen molar-refractivity contribution in [2.45, 2.75) is 44.1 Å². The number of ketones is 1. The van der Waals surface area contributed by atoms with Gasteiger partial charge in [-0.15, -0.1) is 0 Å². The highest BCUT2D eigenvalue weighted by Crippen LogP contribution is 2.55. The van der Waals surface area contributed by atoms with Crippen molar-refractivity contribution in [1.82, 2.24) is 5.32 Å². The maximum absolute atomic E-state index is 12.4. The molecule has 1 aromatic carbocycles. The molecule has 2 nitrogen and oxygen atoms in total. The van der Waals surface area contributed by atoms with Crippen molar-refractivity contribution in [1.29, 1.82) is 0 Å². The molecule has 4 aliphatic carbocycles. The highest BCUT2D eigenvalue weighted by Gasteiger charge is 2.50. The van der Waals surface area contributed by atoms with Crippen LogP contribution in [0.2, 0.25) is 0 Å². The summed E-state index contributed by atoms with van der Waals surface area (Å²) >= 11 is 3.41. The van der Waals surface area contributed by atoms with Crippen LogP contribution in [0.5, 0.6) is 0 Å². The minimum Gasteiger partial charge on any atom is -0.304 e. The van der Waals surface area contributed by atoms with Crippen LogP contribution in [-0.4, -0.2) is 17.9 Å². The predicted molar refractivity (Wildman–Crippen MR) is 87.4 cm³/mol. The van der Waals surface area contributed by atoms with E-state index in [9.17, 15) is 4.79 Å². The van der Waals surface area contributed by atoms with Crippen LogP contribution in [-0.2, 0) is 0 Å². The average molecular weight is 348 g/mol. The molecule has 0 amide bonds. The average Bonchev–Trinajstić information content (AvgIpc) is 2.44. The summed E-state index contributed by atoms with van der Waals surface area (Å²) in [4.78, 5) is 12.4. The largest absolute Gasteiger partial charge is 0.304 e. The Morgan fingerprint density at radius 2 is 1.57 bits per heavy atom. The monoisotopic (exact) mass is 347 g/mol. The fourth-order valence-electron chi connectivity index (χ4n) is 5.33. The number of hydrogen-bond donors (Lipinski definition) is 1. The molecule has 0 unspecified atom stereocenters. The Kier molecular flexibility index (Phi) is 3.46. The van der Waals surface area contributed by atoms with Crippen LogP contribution in [0.3, 0.4) is 0 Å². The first-order chi connectivity index (χ1) is 10.1. The van der Waals surface area contributed by atoms with Crippen molar-refractivity contribution in [2.24, 2.45) is 17.8 Å². The number of Topliss-reactive ketones (excluding diaryl/α,β-unsaturated/α-hetero) is 1. The zero-order valence-electron chi connectivity index (χ0n) is 12.3. The molecule has 0 aromatic heterocycles. The van der Waals surface area contributed by atoms with E-state index in [-0.39, 0.29) is 11.3 Å². The van der Waals surface area contributed by atoms with Crippen molar-refractivity contribution >= 4 is 21.7 Å². The van der Waals surface area contributed by atoms with Crippen LogP contribution >= 0.6 is 15.9 Å². The molecule has 112 valence electrons.